The summed E-state index contributed by atoms with van der Waals surface area (Å²) in [6, 6.07) is 19.0. The molecule has 2 heteroatoms. The summed E-state index contributed by atoms with van der Waals surface area (Å²) in [6.45, 7) is 0. The van der Waals surface area contributed by atoms with E-state index in [9.17, 15) is 4.79 Å². The predicted octanol–water partition coefficient (Wildman–Crippen LogP) is 4.17. The average Bonchev–Trinajstić information content (AvgIpc) is 2.85. The van der Waals surface area contributed by atoms with Crippen LogP contribution in [0.15, 0.2) is 54.6 Å². The summed E-state index contributed by atoms with van der Waals surface area (Å²) in [6.07, 6.45) is 2.01. The first kappa shape index (κ1) is 12.9. The molecule has 0 heterocycles. The number of carbonyl (C=O) groups is 1. The van der Waals surface area contributed by atoms with E-state index in [4.69, 9.17) is 5.11 Å². The average molecular weight is 266 g/mol. The van der Waals surface area contributed by atoms with Crippen LogP contribution in [0, 0.1) is 0 Å². The Kier molecular flexibility index (Phi) is 3.55. The first-order valence-corrected chi connectivity index (χ1v) is 7.11. The molecule has 0 unspecified atom stereocenters. The number of benzene rings is 2. The number of fused-ring (bicyclic) bond motifs is 1. The molecule has 0 aromatic heterocycles. The Morgan fingerprint density at radius 1 is 1.00 bits per heavy atom. The third-order valence-corrected chi connectivity index (χ3v) is 4.24. The summed E-state index contributed by atoms with van der Waals surface area (Å²) in [7, 11) is 0. The molecule has 0 spiro atoms. The number of aliphatic carboxylic acids is 1. The second kappa shape index (κ2) is 5.49. The molecular weight excluding hydrogens is 248 g/mol. The van der Waals surface area contributed by atoms with Gasteiger partial charge < -0.3 is 5.11 Å². The van der Waals surface area contributed by atoms with Gasteiger partial charge in [0.1, 0.15) is 0 Å². The van der Waals surface area contributed by atoms with Gasteiger partial charge in [-0.25, -0.2) is 0 Å². The molecule has 2 aromatic carbocycles. The Hall–Kier alpha value is -2.09. The summed E-state index contributed by atoms with van der Waals surface area (Å²) in [5, 5.41) is 8.90. The Morgan fingerprint density at radius 2 is 1.65 bits per heavy atom. The fourth-order valence-electron chi connectivity index (χ4n) is 3.31. The molecule has 0 bridgehead atoms. The van der Waals surface area contributed by atoms with E-state index in [1.165, 1.54) is 16.7 Å². The second-order valence-electron chi connectivity index (χ2n) is 5.46. The van der Waals surface area contributed by atoms with Crippen LogP contribution in [-0.4, -0.2) is 11.1 Å². The highest BCUT2D eigenvalue weighted by atomic mass is 16.4. The van der Waals surface area contributed by atoms with Gasteiger partial charge in [-0.1, -0.05) is 54.6 Å². The maximum absolute atomic E-state index is 10.8. The van der Waals surface area contributed by atoms with Crippen LogP contribution in [0.5, 0.6) is 0 Å². The van der Waals surface area contributed by atoms with Crippen molar-refractivity contribution in [3.63, 3.8) is 0 Å². The van der Waals surface area contributed by atoms with Gasteiger partial charge in [0.05, 0.1) is 0 Å². The van der Waals surface area contributed by atoms with Crippen molar-refractivity contribution in [2.45, 2.75) is 31.1 Å². The second-order valence-corrected chi connectivity index (χ2v) is 5.46. The molecule has 2 aromatic rings. The van der Waals surface area contributed by atoms with Gasteiger partial charge in [0.25, 0.3) is 0 Å². The zero-order valence-corrected chi connectivity index (χ0v) is 11.3. The molecule has 20 heavy (non-hydrogen) atoms. The number of hydrogen-bond donors (Lipinski definition) is 1. The van der Waals surface area contributed by atoms with Crippen LogP contribution < -0.4 is 0 Å². The van der Waals surface area contributed by atoms with Gasteiger partial charge in [0, 0.05) is 12.3 Å². The van der Waals surface area contributed by atoms with Crippen LogP contribution in [0.1, 0.15) is 47.8 Å². The van der Waals surface area contributed by atoms with Crippen molar-refractivity contribution in [3.05, 3.63) is 71.3 Å². The van der Waals surface area contributed by atoms with Crippen molar-refractivity contribution in [1.82, 2.24) is 0 Å². The van der Waals surface area contributed by atoms with E-state index in [-0.39, 0.29) is 6.42 Å². The molecule has 102 valence electrons. The molecule has 1 aliphatic carbocycles. The van der Waals surface area contributed by atoms with E-state index >= 15 is 0 Å². The topological polar surface area (TPSA) is 37.3 Å². The van der Waals surface area contributed by atoms with Crippen LogP contribution in [0.2, 0.25) is 0 Å². The Balaban J connectivity index is 1.90. The van der Waals surface area contributed by atoms with Crippen LogP contribution in [0.3, 0.4) is 0 Å². The quantitative estimate of drug-likeness (QED) is 0.901. The fraction of sp³-hybridized carbons (Fsp3) is 0.278. The van der Waals surface area contributed by atoms with Crippen molar-refractivity contribution in [3.8, 4) is 0 Å². The highest BCUT2D eigenvalue weighted by molar-refractivity contribution is 5.66. The highest BCUT2D eigenvalue weighted by Gasteiger charge is 2.31. The molecule has 1 N–H and O–H groups in total. The van der Waals surface area contributed by atoms with Crippen LogP contribution in [0.25, 0.3) is 0 Å². The first-order valence-electron chi connectivity index (χ1n) is 7.11. The summed E-state index contributed by atoms with van der Waals surface area (Å²) in [4.78, 5) is 10.8. The van der Waals surface area contributed by atoms with E-state index in [1.807, 2.05) is 6.07 Å². The molecule has 1 aliphatic rings. The third-order valence-electron chi connectivity index (χ3n) is 4.24. The Labute approximate surface area is 119 Å². The number of rotatable bonds is 4. The van der Waals surface area contributed by atoms with Gasteiger partial charge >= 0.3 is 5.97 Å². The minimum atomic E-state index is -0.703. The predicted molar refractivity (Wildman–Crippen MR) is 79.0 cm³/mol. The maximum atomic E-state index is 10.8. The van der Waals surface area contributed by atoms with Crippen LogP contribution >= 0.6 is 0 Å². The standard InChI is InChI=1S/C18H18O2/c19-18(20)11-10-14-12-17(13-6-2-1-3-7-13)16-9-5-4-8-15(14)16/h1-9,14,17H,10-12H2,(H,19,20)/t14-,17-/m1/s1. The molecule has 0 aliphatic heterocycles. The summed E-state index contributed by atoms with van der Waals surface area (Å²) in [5.41, 5.74) is 4.04. The molecule has 0 saturated carbocycles. The van der Waals surface area contributed by atoms with Crippen molar-refractivity contribution >= 4 is 5.97 Å². The molecular formula is C18H18O2. The maximum Gasteiger partial charge on any atom is 0.303 e. The molecule has 0 saturated heterocycles. The monoisotopic (exact) mass is 266 g/mol. The minimum absolute atomic E-state index is 0.251. The summed E-state index contributed by atoms with van der Waals surface area (Å²) >= 11 is 0. The van der Waals surface area contributed by atoms with Crippen LogP contribution in [-0.2, 0) is 4.79 Å². The molecule has 2 nitrogen and oxygen atoms in total. The highest BCUT2D eigenvalue weighted by Crippen LogP contribution is 2.46. The van der Waals surface area contributed by atoms with Gasteiger partial charge in [-0.2, -0.15) is 0 Å². The lowest BCUT2D eigenvalue weighted by atomic mass is 9.92. The van der Waals surface area contributed by atoms with Crippen molar-refractivity contribution in [1.29, 1.82) is 0 Å². The van der Waals surface area contributed by atoms with Gasteiger partial charge in [0.15, 0.2) is 0 Å². The lowest BCUT2D eigenvalue weighted by molar-refractivity contribution is -0.137. The number of carboxylic acids is 1. The molecule has 0 amide bonds. The van der Waals surface area contributed by atoms with E-state index in [2.05, 4.69) is 48.5 Å². The van der Waals surface area contributed by atoms with Gasteiger partial charge in [-0.3, -0.25) is 4.79 Å². The third kappa shape index (κ3) is 2.46. The van der Waals surface area contributed by atoms with Gasteiger partial charge in [-0.15, -0.1) is 0 Å². The summed E-state index contributed by atoms with van der Waals surface area (Å²) < 4.78 is 0. The van der Waals surface area contributed by atoms with E-state index in [1.54, 1.807) is 0 Å². The minimum Gasteiger partial charge on any atom is -0.481 e. The molecule has 3 rings (SSSR count). The zero-order valence-electron chi connectivity index (χ0n) is 11.3. The van der Waals surface area contributed by atoms with Crippen molar-refractivity contribution < 1.29 is 9.90 Å². The van der Waals surface area contributed by atoms with Gasteiger partial charge in [0.2, 0.25) is 0 Å². The largest absolute Gasteiger partial charge is 0.481 e. The number of hydrogen-bond acceptors (Lipinski definition) is 1. The summed E-state index contributed by atoms with van der Waals surface area (Å²) in [5.74, 6) is 0.0735. The smallest absolute Gasteiger partial charge is 0.303 e. The Morgan fingerprint density at radius 3 is 2.35 bits per heavy atom. The fourth-order valence-corrected chi connectivity index (χ4v) is 3.31. The van der Waals surface area contributed by atoms with E-state index in [0.29, 0.717) is 11.8 Å². The SMILES string of the molecule is O=C(O)CC[C@@H]1C[C@H](c2ccccc2)c2ccccc21. The normalized spacial score (nSPS) is 20.6. The van der Waals surface area contributed by atoms with Crippen LogP contribution in [0.4, 0.5) is 0 Å². The lowest BCUT2D eigenvalue weighted by Crippen LogP contribution is -2.01. The van der Waals surface area contributed by atoms with Gasteiger partial charge in [-0.05, 0) is 35.4 Å². The lowest BCUT2D eigenvalue weighted by Gasteiger charge is -2.12. The molecule has 0 radical (unpaired) electrons. The Bertz CT molecular complexity index is 604. The first-order chi connectivity index (χ1) is 9.75. The van der Waals surface area contributed by atoms with E-state index in [0.717, 1.165) is 12.8 Å². The zero-order chi connectivity index (χ0) is 13.9. The van der Waals surface area contributed by atoms with Crippen molar-refractivity contribution in [2.75, 3.05) is 0 Å². The molecule has 2 atom stereocenters. The number of carboxylic acid groups (broad SMARTS) is 1. The van der Waals surface area contributed by atoms with Crippen molar-refractivity contribution in [2.24, 2.45) is 0 Å². The van der Waals surface area contributed by atoms with E-state index < -0.39 is 5.97 Å². The molecule has 0 fully saturated rings.